The Morgan fingerprint density at radius 2 is 1.82 bits per heavy atom. The number of fused-ring (bicyclic) bond motifs is 1. The average molecular weight is 458 g/mol. The van der Waals surface area contributed by atoms with E-state index in [1.807, 2.05) is 74.6 Å². The second-order valence-corrected chi connectivity index (χ2v) is 8.11. The highest BCUT2D eigenvalue weighted by atomic mass is 35.5. The minimum atomic E-state index is -0.382. The number of amides is 1. The minimum absolute atomic E-state index is 0.382. The molecule has 0 aliphatic rings. The number of rotatable bonds is 6. The summed E-state index contributed by atoms with van der Waals surface area (Å²) in [4.78, 5) is 14.4. The van der Waals surface area contributed by atoms with E-state index in [4.69, 9.17) is 16.3 Å². The zero-order valence-corrected chi connectivity index (χ0v) is 19.3. The summed E-state index contributed by atoms with van der Waals surface area (Å²) in [6, 6.07) is 23.1. The topological polar surface area (TPSA) is 58.3 Å². The van der Waals surface area contributed by atoms with Crippen molar-refractivity contribution in [2.45, 2.75) is 20.4 Å². The molecule has 0 atom stereocenters. The van der Waals surface area contributed by atoms with Crippen molar-refractivity contribution < 1.29 is 9.53 Å². The fourth-order valence-electron chi connectivity index (χ4n) is 3.96. The molecule has 0 radical (unpaired) electrons. The van der Waals surface area contributed by atoms with E-state index >= 15 is 0 Å². The van der Waals surface area contributed by atoms with Gasteiger partial charge >= 0.3 is 6.09 Å². The monoisotopic (exact) mass is 457 g/mol. The smallest absolute Gasteiger partial charge is 0.410 e. The Bertz CT molecular complexity index is 1330. The van der Waals surface area contributed by atoms with Crippen molar-refractivity contribution in [2.24, 2.45) is 0 Å². The standard InChI is InChI=1S/C27H24ClN3O2/c1-3-30(4-2)27(32)33-25-13-12-24-23(26(25)21-10-8-19(17-29)9-11-21)14-15-31(24)18-20-6-5-7-22(28)16-20/h5-16H,3-4,18H2,1-2H3. The molecule has 0 N–H and O–H groups in total. The molecule has 0 saturated carbocycles. The van der Waals surface area contributed by atoms with Gasteiger partial charge in [-0.3, -0.25) is 0 Å². The molecule has 0 unspecified atom stereocenters. The molecule has 0 bridgehead atoms. The van der Waals surface area contributed by atoms with Crippen LogP contribution in [-0.4, -0.2) is 28.6 Å². The lowest BCUT2D eigenvalue weighted by molar-refractivity contribution is 0.157. The molecule has 1 amide bonds. The number of carbonyl (C=O) groups is 1. The molecule has 0 aliphatic carbocycles. The maximum atomic E-state index is 12.7. The molecule has 0 aliphatic heterocycles. The van der Waals surface area contributed by atoms with Crippen LogP contribution >= 0.6 is 11.6 Å². The maximum absolute atomic E-state index is 12.7. The van der Waals surface area contributed by atoms with Gasteiger partial charge in [-0.15, -0.1) is 0 Å². The van der Waals surface area contributed by atoms with Gasteiger partial charge in [-0.1, -0.05) is 35.9 Å². The van der Waals surface area contributed by atoms with Gasteiger partial charge in [0.15, 0.2) is 0 Å². The van der Waals surface area contributed by atoms with E-state index < -0.39 is 0 Å². The predicted molar refractivity (Wildman–Crippen MR) is 132 cm³/mol. The lowest BCUT2D eigenvalue weighted by Crippen LogP contribution is -2.33. The van der Waals surface area contributed by atoms with Crippen molar-refractivity contribution in [3.63, 3.8) is 0 Å². The van der Waals surface area contributed by atoms with Gasteiger partial charge in [-0.2, -0.15) is 5.26 Å². The van der Waals surface area contributed by atoms with Crippen LogP contribution in [0.25, 0.3) is 22.0 Å². The Kier molecular flexibility index (Phi) is 6.67. The van der Waals surface area contributed by atoms with Gasteiger partial charge in [0.2, 0.25) is 0 Å². The second kappa shape index (κ2) is 9.81. The van der Waals surface area contributed by atoms with Crippen molar-refractivity contribution in [1.29, 1.82) is 5.26 Å². The van der Waals surface area contributed by atoms with Gasteiger partial charge in [0.25, 0.3) is 0 Å². The minimum Gasteiger partial charge on any atom is -0.410 e. The third kappa shape index (κ3) is 4.72. The number of nitriles is 1. The van der Waals surface area contributed by atoms with E-state index in [0.717, 1.165) is 27.6 Å². The summed E-state index contributed by atoms with van der Waals surface area (Å²) in [5.74, 6) is 0.490. The Hall–Kier alpha value is -3.75. The molecule has 3 aromatic carbocycles. The molecular formula is C27H24ClN3O2. The quantitative estimate of drug-likeness (QED) is 0.323. The molecule has 1 aromatic heterocycles. The van der Waals surface area contributed by atoms with Crippen molar-refractivity contribution in [1.82, 2.24) is 9.47 Å². The van der Waals surface area contributed by atoms with Gasteiger partial charge in [0, 0.05) is 47.3 Å². The van der Waals surface area contributed by atoms with E-state index in [-0.39, 0.29) is 6.09 Å². The average Bonchev–Trinajstić information content (AvgIpc) is 3.22. The van der Waals surface area contributed by atoms with Gasteiger partial charge < -0.3 is 14.2 Å². The molecular weight excluding hydrogens is 434 g/mol. The maximum Gasteiger partial charge on any atom is 0.415 e. The summed E-state index contributed by atoms with van der Waals surface area (Å²) in [5, 5.41) is 10.9. The van der Waals surface area contributed by atoms with Gasteiger partial charge in [0.05, 0.1) is 11.6 Å². The number of aromatic nitrogens is 1. The zero-order chi connectivity index (χ0) is 23.4. The Balaban J connectivity index is 1.81. The van der Waals surface area contributed by atoms with Crippen LogP contribution in [0.5, 0.6) is 5.75 Å². The summed E-state index contributed by atoms with van der Waals surface area (Å²) in [5.41, 5.74) is 4.38. The highest BCUT2D eigenvalue weighted by Gasteiger charge is 2.19. The van der Waals surface area contributed by atoms with Crippen LogP contribution in [0.2, 0.25) is 5.02 Å². The van der Waals surface area contributed by atoms with E-state index in [1.54, 1.807) is 17.0 Å². The molecule has 166 valence electrons. The normalized spacial score (nSPS) is 10.7. The Labute approximate surface area is 198 Å². The van der Waals surface area contributed by atoms with E-state index in [9.17, 15) is 10.1 Å². The van der Waals surface area contributed by atoms with Crippen LogP contribution in [-0.2, 0) is 6.54 Å². The molecule has 0 saturated heterocycles. The van der Waals surface area contributed by atoms with Crippen molar-refractivity contribution >= 4 is 28.6 Å². The van der Waals surface area contributed by atoms with Crippen molar-refractivity contribution in [3.05, 3.63) is 89.1 Å². The number of hydrogen-bond acceptors (Lipinski definition) is 3. The second-order valence-electron chi connectivity index (χ2n) is 7.67. The molecule has 1 heterocycles. The largest absolute Gasteiger partial charge is 0.415 e. The van der Waals surface area contributed by atoms with Crippen molar-refractivity contribution in [3.8, 4) is 22.9 Å². The third-order valence-electron chi connectivity index (χ3n) is 5.68. The van der Waals surface area contributed by atoms with Crippen LogP contribution < -0.4 is 4.74 Å². The number of halogens is 1. The van der Waals surface area contributed by atoms with Gasteiger partial charge in [0.1, 0.15) is 5.75 Å². The first-order valence-electron chi connectivity index (χ1n) is 10.9. The SMILES string of the molecule is CCN(CC)C(=O)Oc1ccc2c(ccn2Cc2cccc(Cl)c2)c1-c1ccc(C#N)cc1. The van der Waals surface area contributed by atoms with Crippen LogP contribution in [0, 0.1) is 11.3 Å². The molecule has 0 spiro atoms. The van der Waals surface area contributed by atoms with Crippen LogP contribution in [0.15, 0.2) is 72.9 Å². The Morgan fingerprint density at radius 1 is 1.06 bits per heavy atom. The van der Waals surface area contributed by atoms with Crippen molar-refractivity contribution in [2.75, 3.05) is 13.1 Å². The molecule has 6 heteroatoms. The summed E-state index contributed by atoms with van der Waals surface area (Å²) in [7, 11) is 0. The van der Waals surface area contributed by atoms with Crippen LogP contribution in [0.4, 0.5) is 4.79 Å². The highest BCUT2D eigenvalue weighted by Crippen LogP contribution is 2.38. The number of carbonyl (C=O) groups excluding carboxylic acids is 1. The molecule has 33 heavy (non-hydrogen) atoms. The molecule has 0 fully saturated rings. The highest BCUT2D eigenvalue weighted by molar-refractivity contribution is 6.30. The van der Waals surface area contributed by atoms with Crippen LogP contribution in [0.1, 0.15) is 25.0 Å². The fourth-order valence-corrected chi connectivity index (χ4v) is 4.17. The fraction of sp³-hybridized carbons (Fsp3) is 0.185. The summed E-state index contributed by atoms with van der Waals surface area (Å²) in [6.45, 7) is 5.64. The lowest BCUT2D eigenvalue weighted by Gasteiger charge is -2.20. The zero-order valence-electron chi connectivity index (χ0n) is 18.6. The number of ether oxygens (including phenoxy) is 1. The molecule has 5 nitrogen and oxygen atoms in total. The van der Waals surface area contributed by atoms with E-state index in [2.05, 4.69) is 10.6 Å². The van der Waals surface area contributed by atoms with Crippen LogP contribution in [0.3, 0.4) is 0 Å². The first kappa shape index (κ1) is 22.4. The third-order valence-corrected chi connectivity index (χ3v) is 5.91. The van der Waals surface area contributed by atoms with E-state index in [0.29, 0.717) is 36.0 Å². The first-order valence-corrected chi connectivity index (χ1v) is 11.3. The number of nitrogens with zero attached hydrogens (tertiary/aromatic N) is 3. The summed E-state index contributed by atoms with van der Waals surface area (Å²) < 4.78 is 7.99. The Morgan fingerprint density at radius 3 is 2.48 bits per heavy atom. The summed E-state index contributed by atoms with van der Waals surface area (Å²) in [6.07, 6.45) is 1.64. The van der Waals surface area contributed by atoms with Gasteiger partial charge in [-0.25, -0.2) is 4.79 Å². The molecule has 4 rings (SSSR count). The van der Waals surface area contributed by atoms with Gasteiger partial charge in [-0.05, 0) is 67.4 Å². The van der Waals surface area contributed by atoms with E-state index in [1.165, 1.54) is 0 Å². The number of benzene rings is 3. The molecule has 4 aromatic rings. The predicted octanol–water partition coefficient (Wildman–Crippen LogP) is 6.72. The summed E-state index contributed by atoms with van der Waals surface area (Å²) >= 11 is 6.17. The first-order chi connectivity index (χ1) is 16.0. The number of hydrogen-bond donors (Lipinski definition) is 0. The lowest BCUT2D eigenvalue weighted by atomic mass is 9.99.